The number of carbonyl (C=O) groups excluding carboxylic acids is 1. The number of nitrogens with zero attached hydrogens (tertiary/aromatic N) is 1. The number of nitrogens with two attached hydrogens (primary N) is 1. The third-order valence-corrected chi connectivity index (χ3v) is 2.75. The molecule has 1 aliphatic heterocycles. The zero-order valence-corrected chi connectivity index (χ0v) is 8.84. The molecule has 13 heavy (non-hydrogen) atoms. The summed E-state index contributed by atoms with van der Waals surface area (Å²) in [6.45, 7) is 8.07. The number of carbonyl (C=O) groups is 1. The number of hydrogen-bond acceptors (Lipinski definition) is 2. The van der Waals surface area contributed by atoms with Crippen LogP contribution in [0.3, 0.4) is 0 Å². The summed E-state index contributed by atoms with van der Waals surface area (Å²) in [7, 11) is 0. The highest BCUT2D eigenvalue weighted by molar-refractivity contribution is 5.81. The fourth-order valence-electron chi connectivity index (χ4n) is 1.71. The summed E-state index contributed by atoms with van der Waals surface area (Å²) in [5.74, 6) is 0.119. The zero-order valence-electron chi connectivity index (χ0n) is 8.84. The summed E-state index contributed by atoms with van der Waals surface area (Å²) >= 11 is 0. The molecule has 0 unspecified atom stereocenters. The molecule has 1 amide bonds. The molecule has 1 atom stereocenters. The standard InChI is InChI=1S/C10H20N2O/c1-4-8(11)9(13)12-6-5-10(2,3)7-12/h8H,4-7,11H2,1-3H3/t8-/m1/s1. The lowest BCUT2D eigenvalue weighted by Gasteiger charge is -2.22. The first-order valence-electron chi connectivity index (χ1n) is 5.00. The average Bonchev–Trinajstić information content (AvgIpc) is 2.43. The third kappa shape index (κ3) is 2.44. The molecule has 2 N–H and O–H groups in total. The minimum absolute atomic E-state index is 0.119. The highest BCUT2D eigenvalue weighted by atomic mass is 16.2. The van der Waals surface area contributed by atoms with E-state index in [-0.39, 0.29) is 17.4 Å². The predicted molar refractivity (Wildman–Crippen MR) is 53.2 cm³/mol. The topological polar surface area (TPSA) is 46.3 Å². The molecule has 0 spiro atoms. The van der Waals surface area contributed by atoms with Crippen molar-refractivity contribution >= 4 is 5.91 Å². The second-order valence-electron chi connectivity index (χ2n) is 4.69. The predicted octanol–water partition coefficient (Wildman–Crippen LogP) is 0.982. The van der Waals surface area contributed by atoms with E-state index >= 15 is 0 Å². The Morgan fingerprint density at radius 2 is 2.23 bits per heavy atom. The van der Waals surface area contributed by atoms with Crippen molar-refractivity contribution in [2.45, 2.75) is 39.7 Å². The van der Waals surface area contributed by atoms with Gasteiger partial charge in [0.2, 0.25) is 5.91 Å². The summed E-state index contributed by atoms with van der Waals surface area (Å²) in [5.41, 5.74) is 5.97. The molecule has 76 valence electrons. The summed E-state index contributed by atoms with van der Waals surface area (Å²) in [5, 5.41) is 0. The lowest BCUT2D eigenvalue weighted by atomic mass is 9.93. The second-order valence-corrected chi connectivity index (χ2v) is 4.69. The van der Waals surface area contributed by atoms with Crippen LogP contribution in [0, 0.1) is 5.41 Å². The van der Waals surface area contributed by atoms with Gasteiger partial charge in [-0.2, -0.15) is 0 Å². The van der Waals surface area contributed by atoms with E-state index in [1.54, 1.807) is 0 Å². The largest absolute Gasteiger partial charge is 0.341 e. The van der Waals surface area contributed by atoms with Crippen LogP contribution in [0.4, 0.5) is 0 Å². The monoisotopic (exact) mass is 184 g/mol. The van der Waals surface area contributed by atoms with Crippen molar-refractivity contribution in [3.8, 4) is 0 Å². The first-order chi connectivity index (χ1) is 5.96. The number of hydrogen-bond donors (Lipinski definition) is 1. The Bertz CT molecular complexity index is 201. The Morgan fingerprint density at radius 3 is 2.62 bits per heavy atom. The van der Waals surface area contributed by atoms with Gasteiger partial charge >= 0.3 is 0 Å². The molecule has 0 radical (unpaired) electrons. The Balaban J connectivity index is 2.51. The van der Waals surface area contributed by atoms with Crippen molar-refractivity contribution in [1.29, 1.82) is 0 Å². The Morgan fingerprint density at radius 1 is 1.62 bits per heavy atom. The molecule has 1 rings (SSSR count). The van der Waals surface area contributed by atoms with E-state index in [1.807, 2.05) is 11.8 Å². The van der Waals surface area contributed by atoms with E-state index in [2.05, 4.69) is 13.8 Å². The number of likely N-dealkylation sites (tertiary alicyclic amines) is 1. The summed E-state index contributed by atoms with van der Waals surface area (Å²) in [6, 6.07) is -0.297. The molecule has 0 aromatic heterocycles. The molecule has 0 saturated carbocycles. The van der Waals surface area contributed by atoms with Crippen LogP contribution in [0.1, 0.15) is 33.6 Å². The van der Waals surface area contributed by atoms with Crippen molar-refractivity contribution in [3.63, 3.8) is 0 Å². The van der Waals surface area contributed by atoms with E-state index in [0.29, 0.717) is 0 Å². The maximum Gasteiger partial charge on any atom is 0.239 e. The fourth-order valence-corrected chi connectivity index (χ4v) is 1.71. The van der Waals surface area contributed by atoms with Crippen molar-refractivity contribution in [2.24, 2.45) is 11.1 Å². The SMILES string of the molecule is CC[C@@H](N)C(=O)N1CCC(C)(C)C1. The van der Waals surface area contributed by atoms with Crippen molar-refractivity contribution in [2.75, 3.05) is 13.1 Å². The molecule has 1 aliphatic rings. The molecule has 1 heterocycles. The molecule has 1 saturated heterocycles. The van der Waals surface area contributed by atoms with Crippen molar-refractivity contribution in [3.05, 3.63) is 0 Å². The molecule has 0 aromatic rings. The third-order valence-electron chi connectivity index (χ3n) is 2.75. The van der Waals surface area contributed by atoms with Crippen LogP contribution in [0.5, 0.6) is 0 Å². The lowest BCUT2D eigenvalue weighted by molar-refractivity contribution is -0.131. The maximum absolute atomic E-state index is 11.7. The van der Waals surface area contributed by atoms with Gasteiger partial charge in [0.1, 0.15) is 0 Å². The quantitative estimate of drug-likeness (QED) is 0.695. The van der Waals surface area contributed by atoms with E-state index < -0.39 is 0 Å². The summed E-state index contributed by atoms with van der Waals surface area (Å²) in [6.07, 6.45) is 1.82. The molecule has 0 aliphatic carbocycles. The Kier molecular flexibility index (Phi) is 2.96. The Hall–Kier alpha value is -0.570. The van der Waals surface area contributed by atoms with Crippen LogP contribution in [0.2, 0.25) is 0 Å². The van der Waals surface area contributed by atoms with Crippen LogP contribution in [-0.4, -0.2) is 29.9 Å². The van der Waals surface area contributed by atoms with Gasteiger partial charge in [0, 0.05) is 13.1 Å². The molecular weight excluding hydrogens is 164 g/mol. The summed E-state index contributed by atoms with van der Waals surface area (Å²) in [4.78, 5) is 13.6. The minimum Gasteiger partial charge on any atom is -0.341 e. The Labute approximate surface area is 80.3 Å². The van der Waals surface area contributed by atoms with E-state index in [4.69, 9.17) is 5.73 Å². The fraction of sp³-hybridized carbons (Fsp3) is 0.900. The normalized spacial score (nSPS) is 23.2. The first-order valence-corrected chi connectivity index (χ1v) is 5.00. The average molecular weight is 184 g/mol. The van der Waals surface area contributed by atoms with Gasteiger partial charge < -0.3 is 10.6 Å². The zero-order chi connectivity index (χ0) is 10.1. The van der Waals surface area contributed by atoms with Gasteiger partial charge in [-0.1, -0.05) is 20.8 Å². The minimum atomic E-state index is -0.297. The lowest BCUT2D eigenvalue weighted by Crippen LogP contribution is -2.42. The van der Waals surface area contributed by atoms with Gasteiger partial charge in [-0.15, -0.1) is 0 Å². The van der Waals surface area contributed by atoms with Crippen LogP contribution in [-0.2, 0) is 4.79 Å². The van der Waals surface area contributed by atoms with Gasteiger partial charge in [0.05, 0.1) is 6.04 Å². The van der Waals surface area contributed by atoms with Gasteiger partial charge in [0.15, 0.2) is 0 Å². The molecule has 0 bridgehead atoms. The van der Waals surface area contributed by atoms with Gasteiger partial charge in [-0.05, 0) is 18.3 Å². The van der Waals surface area contributed by atoms with Crippen LogP contribution in [0.25, 0.3) is 0 Å². The van der Waals surface area contributed by atoms with Crippen LogP contribution < -0.4 is 5.73 Å². The van der Waals surface area contributed by atoms with Crippen molar-refractivity contribution in [1.82, 2.24) is 4.90 Å². The summed E-state index contributed by atoms with van der Waals surface area (Å²) < 4.78 is 0. The molecule has 3 nitrogen and oxygen atoms in total. The van der Waals surface area contributed by atoms with Crippen LogP contribution >= 0.6 is 0 Å². The van der Waals surface area contributed by atoms with Gasteiger partial charge in [0.25, 0.3) is 0 Å². The van der Waals surface area contributed by atoms with Gasteiger partial charge in [-0.25, -0.2) is 0 Å². The first kappa shape index (κ1) is 10.5. The van der Waals surface area contributed by atoms with Crippen LogP contribution in [0.15, 0.2) is 0 Å². The van der Waals surface area contributed by atoms with E-state index in [1.165, 1.54) is 0 Å². The molecule has 3 heteroatoms. The molecular formula is C10H20N2O. The second kappa shape index (κ2) is 3.66. The van der Waals surface area contributed by atoms with E-state index in [0.717, 1.165) is 25.9 Å². The number of rotatable bonds is 2. The highest BCUT2D eigenvalue weighted by Gasteiger charge is 2.33. The highest BCUT2D eigenvalue weighted by Crippen LogP contribution is 2.28. The smallest absolute Gasteiger partial charge is 0.239 e. The molecule has 1 fully saturated rings. The van der Waals surface area contributed by atoms with Gasteiger partial charge in [-0.3, -0.25) is 4.79 Å². The van der Waals surface area contributed by atoms with Crippen molar-refractivity contribution < 1.29 is 4.79 Å². The maximum atomic E-state index is 11.7. The van der Waals surface area contributed by atoms with E-state index in [9.17, 15) is 4.79 Å². The molecule has 0 aromatic carbocycles. The number of amides is 1.